The number of halogens is 2. The van der Waals surface area contributed by atoms with E-state index in [1.807, 2.05) is 6.92 Å². The predicted octanol–water partition coefficient (Wildman–Crippen LogP) is 3.28. The summed E-state index contributed by atoms with van der Waals surface area (Å²) in [7, 11) is 0. The zero-order valence-corrected chi connectivity index (χ0v) is 12.7. The van der Waals surface area contributed by atoms with E-state index < -0.39 is 12.2 Å². The van der Waals surface area contributed by atoms with Crippen LogP contribution in [0, 0.1) is 0 Å². The van der Waals surface area contributed by atoms with Crippen molar-refractivity contribution in [1.29, 1.82) is 0 Å². The van der Waals surface area contributed by atoms with Gasteiger partial charge in [-0.1, -0.05) is 12.1 Å². The molecular weight excluding hydrogens is 280 g/mol. The number of ether oxygens (including phenoxy) is 2. The van der Waals surface area contributed by atoms with Gasteiger partial charge >= 0.3 is 12.6 Å². The first-order chi connectivity index (χ1) is 9.67. The monoisotopic (exact) mass is 301 g/mol. The molecule has 0 aliphatic rings. The van der Waals surface area contributed by atoms with E-state index >= 15 is 0 Å². The van der Waals surface area contributed by atoms with E-state index in [1.165, 1.54) is 12.1 Å². The van der Waals surface area contributed by atoms with Crippen LogP contribution in [0.1, 0.15) is 39.3 Å². The number of carbonyl (C=O) groups excluding carboxylic acids is 1. The van der Waals surface area contributed by atoms with Crippen LogP contribution < -0.4 is 10.1 Å². The van der Waals surface area contributed by atoms with Crippen LogP contribution in [0.25, 0.3) is 0 Å². The van der Waals surface area contributed by atoms with E-state index in [0.29, 0.717) is 0 Å². The number of esters is 1. The first-order valence-corrected chi connectivity index (χ1v) is 6.67. The SMILES string of the molecule is CC(NCC(=O)OC(C)(C)C)c1cccc(OC(F)F)c1. The van der Waals surface area contributed by atoms with Gasteiger partial charge in [-0.05, 0) is 45.4 Å². The zero-order chi connectivity index (χ0) is 16.0. The fourth-order valence-corrected chi connectivity index (χ4v) is 1.69. The minimum Gasteiger partial charge on any atom is -0.459 e. The van der Waals surface area contributed by atoms with Crippen molar-refractivity contribution in [3.05, 3.63) is 29.8 Å². The van der Waals surface area contributed by atoms with Gasteiger partial charge in [0.2, 0.25) is 0 Å². The molecule has 0 saturated heterocycles. The summed E-state index contributed by atoms with van der Waals surface area (Å²) in [6, 6.07) is 6.16. The Morgan fingerprint density at radius 3 is 2.57 bits per heavy atom. The van der Waals surface area contributed by atoms with Crippen molar-refractivity contribution >= 4 is 5.97 Å². The molecule has 1 atom stereocenters. The Labute approximate surface area is 123 Å². The van der Waals surface area contributed by atoms with Crippen molar-refractivity contribution in [2.75, 3.05) is 6.54 Å². The summed E-state index contributed by atoms with van der Waals surface area (Å²) in [5.74, 6) is -0.275. The Bertz CT molecular complexity index is 472. The largest absolute Gasteiger partial charge is 0.459 e. The van der Waals surface area contributed by atoms with E-state index in [1.54, 1.807) is 32.9 Å². The minimum absolute atomic E-state index is 0.0400. The molecule has 0 spiro atoms. The lowest BCUT2D eigenvalue weighted by atomic mass is 10.1. The highest BCUT2D eigenvalue weighted by Gasteiger charge is 2.17. The lowest BCUT2D eigenvalue weighted by Crippen LogP contribution is -2.32. The van der Waals surface area contributed by atoms with Gasteiger partial charge in [0.15, 0.2) is 0 Å². The molecule has 0 radical (unpaired) electrons. The molecule has 6 heteroatoms. The summed E-state index contributed by atoms with van der Waals surface area (Å²) in [6.07, 6.45) is 0. The molecule has 1 aromatic carbocycles. The third-order valence-electron chi connectivity index (χ3n) is 2.56. The van der Waals surface area contributed by atoms with Gasteiger partial charge in [-0.3, -0.25) is 4.79 Å². The first-order valence-electron chi connectivity index (χ1n) is 6.67. The molecule has 0 aromatic heterocycles. The fourth-order valence-electron chi connectivity index (χ4n) is 1.69. The van der Waals surface area contributed by atoms with Crippen molar-refractivity contribution in [3.8, 4) is 5.75 Å². The van der Waals surface area contributed by atoms with Gasteiger partial charge in [-0.2, -0.15) is 8.78 Å². The molecule has 0 fully saturated rings. The maximum Gasteiger partial charge on any atom is 0.387 e. The van der Waals surface area contributed by atoms with Gasteiger partial charge < -0.3 is 14.8 Å². The van der Waals surface area contributed by atoms with Crippen molar-refractivity contribution in [2.24, 2.45) is 0 Å². The lowest BCUT2D eigenvalue weighted by Gasteiger charge is -2.21. The second-order valence-corrected chi connectivity index (χ2v) is 5.64. The summed E-state index contributed by atoms with van der Waals surface area (Å²) in [5, 5.41) is 2.98. The second kappa shape index (κ2) is 7.36. The Balaban J connectivity index is 2.55. The van der Waals surface area contributed by atoms with Gasteiger partial charge in [-0.25, -0.2) is 0 Å². The number of hydrogen-bond acceptors (Lipinski definition) is 4. The quantitative estimate of drug-likeness (QED) is 0.819. The zero-order valence-electron chi connectivity index (χ0n) is 12.7. The van der Waals surface area contributed by atoms with Gasteiger partial charge in [0.25, 0.3) is 0 Å². The van der Waals surface area contributed by atoms with Crippen LogP contribution in [0.2, 0.25) is 0 Å². The molecule has 118 valence electrons. The van der Waals surface area contributed by atoms with Crippen molar-refractivity contribution in [1.82, 2.24) is 5.32 Å². The number of nitrogens with one attached hydrogen (secondary N) is 1. The van der Waals surface area contributed by atoms with Crippen LogP contribution in [0.5, 0.6) is 5.75 Å². The molecule has 0 aliphatic carbocycles. The number of benzene rings is 1. The summed E-state index contributed by atoms with van der Waals surface area (Å²) in [4.78, 5) is 11.6. The molecule has 0 heterocycles. The van der Waals surface area contributed by atoms with E-state index in [0.717, 1.165) is 5.56 Å². The molecule has 1 rings (SSSR count). The third-order valence-corrected chi connectivity index (χ3v) is 2.56. The summed E-state index contributed by atoms with van der Waals surface area (Å²) >= 11 is 0. The second-order valence-electron chi connectivity index (χ2n) is 5.64. The maximum atomic E-state index is 12.2. The fraction of sp³-hybridized carbons (Fsp3) is 0.533. The summed E-state index contributed by atoms with van der Waals surface area (Å²) in [6.45, 7) is 4.38. The average molecular weight is 301 g/mol. The Hall–Kier alpha value is -1.69. The number of hydrogen-bond donors (Lipinski definition) is 1. The number of rotatable bonds is 6. The van der Waals surface area contributed by atoms with E-state index in [4.69, 9.17) is 4.74 Å². The van der Waals surface area contributed by atoms with Gasteiger partial charge in [0.05, 0.1) is 6.54 Å². The highest BCUT2D eigenvalue weighted by molar-refractivity contribution is 5.72. The van der Waals surface area contributed by atoms with Crippen molar-refractivity contribution in [2.45, 2.75) is 45.9 Å². The standard InChI is InChI=1S/C15H21F2NO3/c1-10(18-9-13(19)21-15(2,3)4)11-6-5-7-12(8-11)20-14(16)17/h5-8,10,14,18H,9H2,1-4H3. The highest BCUT2D eigenvalue weighted by Crippen LogP contribution is 2.20. The molecule has 1 unspecified atom stereocenters. The molecular formula is C15H21F2NO3. The number of carbonyl (C=O) groups is 1. The molecule has 21 heavy (non-hydrogen) atoms. The van der Waals surface area contributed by atoms with Gasteiger partial charge in [0, 0.05) is 6.04 Å². The van der Waals surface area contributed by atoms with Crippen molar-refractivity contribution < 1.29 is 23.0 Å². The lowest BCUT2D eigenvalue weighted by molar-refractivity contribution is -0.153. The van der Waals surface area contributed by atoms with E-state index in [-0.39, 0.29) is 24.3 Å². The topological polar surface area (TPSA) is 47.6 Å². The van der Waals surface area contributed by atoms with Crippen LogP contribution in [0.15, 0.2) is 24.3 Å². The third kappa shape index (κ3) is 7.04. The molecule has 4 nitrogen and oxygen atoms in total. The highest BCUT2D eigenvalue weighted by atomic mass is 19.3. The maximum absolute atomic E-state index is 12.2. The molecule has 1 aromatic rings. The minimum atomic E-state index is -2.86. The average Bonchev–Trinajstić information content (AvgIpc) is 2.33. The van der Waals surface area contributed by atoms with Crippen molar-refractivity contribution in [3.63, 3.8) is 0 Å². The van der Waals surface area contributed by atoms with Crippen LogP contribution in [-0.4, -0.2) is 24.7 Å². The van der Waals surface area contributed by atoms with Gasteiger partial charge in [0.1, 0.15) is 11.4 Å². The molecule has 0 amide bonds. The normalized spacial score (nSPS) is 13.1. The summed E-state index contributed by atoms with van der Waals surface area (Å²) < 4.78 is 33.9. The Kier molecular flexibility index (Phi) is 6.08. The first kappa shape index (κ1) is 17.4. The van der Waals surface area contributed by atoms with Crippen LogP contribution in [0.3, 0.4) is 0 Å². The molecule has 0 aliphatic heterocycles. The predicted molar refractivity (Wildman–Crippen MR) is 75.3 cm³/mol. The summed E-state index contributed by atoms with van der Waals surface area (Å²) in [5.41, 5.74) is 0.212. The Morgan fingerprint density at radius 2 is 2.00 bits per heavy atom. The Morgan fingerprint density at radius 1 is 1.33 bits per heavy atom. The number of alkyl halides is 2. The molecule has 0 bridgehead atoms. The molecule has 0 saturated carbocycles. The van der Waals surface area contributed by atoms with E-state index in [9.17, 15) is 13.6 Å². The van der Waals surface area contributed by atoms with E-state index in [2.05, 4.69) is 10.1 Å². The van der Waals surface area contributed by atoms with Gasteiger partial charge in [-0.15, -0.1) is 0 Å². The molecule has 1 N–H and O–H groups in total. The smallest absolute Gasteiger partial charge is 0.387 e. The van der Waals surface area contributed by atoms with Crippen LogP contribution >= 0.6 is 0 Å². The van der Waals surface area contributed by atoms with Crippen LogP contribution in [-0.2, 0) is 9.53 Å². The van der Waals surface area contributed by atoms with Crippen LogP contribution in [0.4, 0.5) is 8.78 Å².